The molecule has 1 saturated heterocycles. The molecular weight excluding hydrogens is 334 g/mol. The predicted octanol–water partition coefficient (Wildman–Crippen LogP) is 4.11. The van der Waals surface area contributed by atoms with Crippen molar-refractivity contribution >= 4 is 28.3 Å². The van der Waals surface area contributed by atoms with Crippen LogP contribution >= 0.6 is 11.6 Å². The minimum Gasteiger partial charge on any atom is -0.383 e. The number of aromatic nitrogens is 3. The third kappa shape index (κ3) is 3.20. The summed E-state index contributed by atoms with van der Waals surface area (Å²) in [5.74, 6) is 0.931. The molecule has 0 aliphatic carbocycles. The highest BCUT2D eigenvalue weighted by atomic mass is 35.5. The largest absolute Gasteiger partial charge is 0.383 e. The SMILES string of the molecule is C=C(C)NCc1cc2cc(Cl)c(-c3cnc(N4CCC4)cn3)cc2[nH]1. The first kappa shape index (κ1) is 16.0. The van der Waals surface area contributed by atoms with Crippen molar-refractivity contribution in [2.24, 2.45) is 0 Å². The fourth-order valence-electron chi connectivity index (χ4n) is 2.92. The predicted molar refractivity (Wildman–Crippen MR) is 103 cm³/mol. The van der Waals surface area contributed by atoms with E-state index in [4.69, 9.17) is 11.6 Å². The summed E-state index contributed by atoms with van der Waals surface area (Å²) in [5.41, 5.74) is 4.73. The van der Waals surface area contributed by atoms with Crippen molar-refractivity contribution in [2.45, 2.75) is 19.9 Å². The molecule has 2 aromatic heterocycles. The summed E-state index contributed by atoms with van der Waals surface area (Å²) in [5, 5.41) is 4.98. The molecule has 1 aromatic carbocycles. The van der Waals surface area contributed by atoms with Gasteiger partial charge >= 0.3 is 0 Å². The Morgan fingerprint density at radius 1 is 1.28 bits per heavy atom. The first-order chi connectivity index (χ1) is 12.1. The summed E-state index contributed by atoms with van der Waals surface area (Å²) >= 11 is 6.49. The highest BCUT2D eigenvalue weighted by molar-refractivity contribution is 6.34. The maximum atomic E-state index is 6.49. The first-order valence-electron chi connectivity index (χ1n) is 8.38. The normalized spacial score (nSPS) is 13.8. The standard InChI is InChI=1S/C19H20ClN5/c1-12(2)21-9-14-6-13-7-16(20)15(8-17(13)24-14)18-10-23-19(11-22-18)25-4-3-5-25/h6-8,10-11,21,24H,1,3-5,9H2,2H3. The van der Waals surface area contributed by atoms with E-state index in [1.807, 2.05) is 25.3 Å². The molecule has 1 aliphatic rings. The van der Waals surface area contributed by atoms with E-state index in [9.17, 15) is 0 Å². The van der Waals surface area contributed by atoms with Gasteiger partial charge in [0.1, 0.15) is 5.82 Å². The van der Waals surface area contributed by atoms with Gasteiger partial charge in [-0.05, 0) is 31.5 Å². The molecule has 0 spiro atoms. The Hall–Kier alpha value is -2.53. The Balaban J connectivity index is 1.64. The number of benzene rings is 1. The van der Waals surface area contributed by atoms with Gasteiger partial charge < -0.3 is 15.2 Å². The van der Waals surface area contributed by atoms with Gasteiger partial charge in [0.05, 0.1) is 29.7 Å². The average molecular weight is 354 g/mol. The molecule has 128 valence electrons. The molecule has 0 amide bonds. The van der Waals surface area contributed by atoms with Crippen LogP contribution in [-0.4, -0.2) is 28.0 Å². The van der Waals surface area contributed by atoms with Crippen LogP contribution in [0.5, 0.6) is 0 Å². The van der Waals surface area contributed by atoms with E-state index >= 15 is 0 Å². The van der Waals surface area contributed by atoms with Gasteiger partial charge in [0.2, 0.25) is 0 Å². The zero-order chi connectivity index (χ0) is 17.4. The number of nitrogens with one attached hydrogen (secondary N) is 2. The third-order valence-electron chi connectivity index (χ3n) is 4.44. The number of aromatic amines is 1. The minimum absolute atomic E-state index is 0.678. The summed E-state index contributed by atoms with van der Waals surface area (Å²) in [6.45, 7) is 8.63. The third-order valence-corrected chi connectivity index (χ3v) is 4.75. The summed E-state index contributed by atoms with van der Waals surface area (Å²) in [6.07, 6.45) is 4.85. The van der Waals surface area contributed by atoms with E-state index in [0.717, 1.165) is 52.5 Å². The highest BCUT2D eigenvalue weighted by Crippen LogP contribution is 2.31. The van der Waals surface area contributed by atoms with Crippen LogP contribution < -0.4 is 10.2 Å². The molecule has 0 atom stereocenters. The molecule has 0 bridgehead atoms. The molecule has 2 N–H and O–H groups in total. The smallest absolute Gasteiger partial charge is 0.147 e. The molecular formula is C19H20ClN5. The lowest BCUT2D eigenvalue weighted by molar-refractivity contribution is 0.608. The van der Waals surface area contributed by atoms with Gasteiger partial charge in [-0.2, -0.15) is 0 Å². The zero-order valence-corrected chi connectivity index (χ0v) is 14.9. The fraction of sp³-hybridized carbons (Fsp3) is 0.263. The fourth-order valence-corrected chi connectivity index (χ4v) is 3.19. The van der Waals surface area contributed by atoms with Crippen LogP contribution in [-0.2, 0) is 6.54 Å². The lowest BCUT2D eigenvalue weighted by Crippen LogP contribution is -2.37. The van der Waals surface area contributed by atoms with Crippen LogP contribution in [0.1, 0.15) is 19.0 Å². The van der Waals surface area contributed by atoms with Crippen LogP contribution in [0.2, 0.25) is 5.02 Å². The van der Waals surface area contributed by atoms with Crippen LogP contribution in [0.25, 0.3) is 22.2 Å². The number of nitrogens with zero attached hydrogens (tertiary/aromatic N) is 3. The van der Waals surface area contributed by atoms with E-state index in [-0.39, 0.29) is 0 Å². The van der Waals surface area contributed by atoms with Crippen molar-refractivity contribution in [1.82, 2.24) is 20.3 Å². The van der Waals surface area contributed by atoms with Gasteiger partial charge in [-0.1, -0.05) is 18.2 Å². The van der Waals surface area contributed by atoms with Gasteiger partial charge in [0.25, 0.3) is 0 Å². The van der Waals surface area contributed by atoms with Crippen molar-refractivity contribution in [1.29, 1.82) is 0 Å². The average Bonchev–Trinajstić information content (AvgIpc) is 2.93. The number of H-pyrrole nitrogens is 1. The molecule has 6 heteroatoms. The minimum atomic E-state index is 0.678. The van der Waals surface area contributed by atoms with Gasteiger partial charge in [0.15, 0.2) is 0 Å². The Kier molecular flexibility index (Phi) is 4.09. The molecule has 5 nitrogen and oxygen atoms in total. The van der Waals surface area contributed by atoms with Crippen molar-refractivity contribution in [3.8, 4) is 11.3 Å². The molecule has 0 radical (unpaired) electrons. The van der Waals surface area contributed by atoms with E-state index in [1.165, 1.54) is 6.42 Å². The van der Waals surface area contributed by atoms with Gasteiger partial charge in [-0.3, -0.25) is 4.98 Å². The van der Waals surface area contributed by atoms with E-state index < -0.39 is 0 Å². The van der Waals surface area contributed by atoms with E-state index in [1.54, 1.807) is 6.20 Å². The van der Waals surface area contributed by atoms with Crippen molar-refractivity contribution in [2.75, 3.05) is 18.0 Å². The lowest BCUT2D eigenvalue weighted by atomic mass is 10.1. The number of hydrogen-bond acceptors (Lipinski definition) is 4. The Labute approximate surface area is 151 Å². The topological polar surface area (TPSA) is 56.8 Å². The second kappa shape index (κ2) is 6.41. The molecule has 3 aromatic rings. The summed E-state index contributed by atoms with van der Waals surface area (Å²) in [4.78, 5) is 14.7. The lowest BCUT2D eigenvalue weighted by Gasteiger charge is -2.31. The number of anilines is 1. The highest BCUT2D eigenvalue weighted by Gasteiger charge is 2.16. The Morgan fingerprint density at radius 3 is 2.76 bits per heavy atom. The second-order valence-corrected chi connectivity index (χ2v) is 6.86. The quantitative estimate of drug-likeness (QED) is 0.724. The second-order valence-electron chi connectivity index (χ2n) is 6.45. The summed E-state index contributed by atoms with van der Waals surface area (Å²) in [6, 6.07) is 6.10. The van der Waals surface area contributed by atoms with Crippen LogP contribution in [0.4, 0.5) is 5.82 Å². The van der Waals surface area contributed by atoms with Gasteiger partial charge in [-0.15, -0.1) is 0 Å². The number of allylic oxidation sites excluding steroid dienone is 1. The number of hydrogen-bond donors (Lipinski definition) is 2. The summed E-state index contributed by atoms with van der Waals surface area (Å²) < 4.78 is 0. The monoisotopic (exact) mass is 353 g/mol. The molecule has 0 saturated carbocycles. The number of halogens is 1. The molecule has 0 unspecified atom stereocenters. The first-order valence-corrected chi connectivity index (χ1v) is 8.76. The molecule has 4 rings (SSSR count). The van der Waals surface area contributed by atoms with Gasteiger partial charge in [0, 0.05) is 40.9 Å². The number of rotatable bonds is 5. The van der Waals surface area contributed by atoms with Gasteiger partial charge in [-0.25, -0.2) is 4.98 Å². The molecule has 25 heavy (non-hydrogen) atoms. The Morgan fingerprint density at radius 2 is 2.12 bits per heavy atom. The van der Waals surface area contributed by atoms with Crippen molar-refractivity contribution < 1.29 is 0 Å². The van der Waals surface area contributed by atoms with E-state index in [0.29, 0.717) is 11.6 Å². The molecule has 1 fully saturated rings. The maximum absolute atomic E-state index is 6.49. The molecule has 3 heterocycles. The zero-order valence-electron chi connectivity index (χ0n) is 14.1. The van der Waals surface area contributed by atoms with Crippen LogP contribution in [0.3, 0.4) is 0 Å². The van der Waals surface area contributed by atoms with Crippen molar-refractivity contribution in [3.05, 3.63) is 53.6 Å². The van der Waals surface area contributed by atoms with Crippen molar-refractivity contribution in [3.63, 3.8) is 0 Å². The Bertz CT molecular complexity index is 925. The number of fused-ring (bicyclic) bond motifs is 1. The molecule has 1 aliphatic heterocycles. The van der Waals surface area contributed by atoms with E-state index in [2.05, 4.69) is 37.8 Å². The maximum Gasteiger partial charge on any atom is 0.147 e. The van der Waals surface area contributed by atoms with Crippen LogP contribution in [0, 0.1) is 0 Å². The summed E-state index contributed by atoms with van der Waals surface area (Å²) in [7, 11) is 0. The van der Waals surface area contributed by atoms with Crippen LogP contribution in [0.15, 0.2) is 42.9 Å².